The average Bonchev–Trinajstić information content (AvgIpc) is 3.22. The first-order chi connectivity index (χ1) is 15.1. The van der Waals surface area contributed by atoms with E-state index in [2.05, 4.69) is 20.8 Å². The van der Waals surface area contributed by atoms with E-state index in [0.29, 0.717) is 11.7 Å². The van der Waals surface area contributed by atoms with Gasteiger partial charge in [0.05, 0.1) is 17.5 Å². The van der Waals surface area contributed by atoms with E-state index < -0.39 is 0 Å². The summed E-state index contributed by atoms with van der Waals surface area (Å²) in [5.41, 5.74) is 1.64. The molecule has 31 heavy (non-hydrogen) atoms. The van der Waals surface area contributed by atoms with Gasteiger partial charge >= 0.3 is 0 Å². The second-order valence-corrected chi connectivity index (χ2v) is 9.27. The number of benzene rings is 3. The van der Waals surface area contributed by atoms with Crippen LogP contribution in [0.2, 0.25) is 0 Å². The Morgan fingerprint density at radius 1 is 1.03 bits per heavy atom. The van der Waals surface area contributed by atoms with E-state index in [0.717, 1.165) is 32.2 Å². The lowest BCUT2D eigenvalue weighted by molar-refractivity contribution is -0.115. The molecule has 0 radical (unpaired) electrons. The smallest absolute Gasteiger partial charge is 0.237 e. The fourth-order valence-electron chi connectivity index (χ4n) is 3.05. The minimum atomic E-state index is -0.324. The Morgan fingerprint density at radius 2 is 1.77 bits per heavy atom. The summed E-state index contributed by atoms with van der Waals surface area (Å²) in [4.78, 5) is 12.8. The van der Waals surface area contributed by atoms with Crippen LogP contribution in [0.5, 0.6) is 5.75 Å². The summed E-state index contributed by atoms with van der Waals surface area (Å²) in [6, 6.07) is 21.6. The maximum absolute atomic E-state index is 12.8. The fourth-order valence-corrected chi connectivity index (χ4v) is 4.96. The van der Waals surface area contributed by atoms with Gasteiger partial charge in [0.15, 0.2) is 4.34 Å². The van der Waals surface area contributed by atoms with Gasteiger partial charge in [-0.25, -0.2) is 0 Å². The number of aromatic nitrogens is 2. The molecule has 0 bridgehead atoms. The van der Waals surface area contributed by atoms with Crippen molar-refractivity contribution in [3.05, 3.63) is 66.7 Å². The fraction of sp³-hybridized carbons (Fsp3) is 0.174. The quantitative estimate of drug-likeness (QED) is 0.323. The van der Waals surface area contributed by atoms with E-state index in [1.54, 1.807) is 0 Å². The maximum Gasteiger partial charge on any atom is 0.237 e. The first-order valence-electron chi connectivity index (χ1n) is 9.91. The molecule has 1 atom stereocenters. The van der Waals surface area contributed by atoms with Crippen molar-refractivity contribution in [3.63, 3.8) is 0 Å². The van der Waals surface area contributed by atoms with Crippen LogP contribution in [0.1, 0.15) is 13.8 Å². The van der Waals surface area contributed by atoms with Crippen LogP contribution in [0.25, 0.3) is 10.8 Å². The third-order valence-corrected chi connectivity index (χ3v) is 6.55. The molecule has 158 valence electrons. The summed E-state index contributed by atoms with van der Waals surface area (Å²) in [5.74, 6) is 0.685. The highest BCUT2D eigenvalue weighted by Crippen LogP contribution is 2.33. The minimum Gasteiger partial charge on any atom is -0.492 e. The van der Waals surface area contributed by atoms with Gasteiger partial charge in [0.25, 0.3) is 0 Å². The largest absolute Gasteiger partial charge is 0.492 e. The standard InChI is InChI=1S/C23H22N4O2S2/c1-3-29-20-14-7-6-12-19(20)25-22-26-27-23(31-22)30-15(2)21(28)24-18-13-8-10-16-9-4-5-11-17(16)18/h4-15H,3H2,1-2H3,(H,24,28)(H,25,26)/t15-/m0/s1. The summed E-state index contributed by atoms with van der Waals surface area (Å²) >= 11 is 2.79. The zero-order chi connectivity index (χ0) is 21.6. The van der Waals surface area contributed by atoms with Crippen LogP contribution in [-0.2, 0) is 4.79 Å². The van der Waals surface area contributed by atoms with Gasteiger partial charge < -0.3 is 15.4 Å². The van der Waals surface area contributed by atoms with Crippen molar-refractivity contribution >= 4 is 56.3 Å². The van der Waals surface area contributed by atoms with Crippen LogP contribution in [0, 0.1) is 0 Å². The van der Waals surface area contributed by atoms with E-state index in [1.165, 1.54) is 23.1 Å². The molecule has 0 unspecified atom stereocenters. The third kappa shape index (κ3) is 5.15. The van der Waals surface area contributed by atoms with Crippen LogP contribution in [0.3, 0.4) is 0 Å². The molecule has 3 aromatic carbocycles. The molecule has 1 aromatic heterocycles. The summed E-state index contributed by atoms with van der Waals surface area (Å²) in [7, 11) is 0. The number of para-hydroxylation sites is 2. The number of nitrogens with zero attached hydrogens (tertiary/aromatic N) is 2. The summed E-state index contributed by atoms with van der Waals surface area (Å²) in [6.45, 7) is 4.39. The summed E-state index contributed by atoms with van der Waals surface area (Å²) in [5, 5.41) is 17.1. The highest BCUT2D eigenvalue weighted by atomic mass is 32.2. The number of amides is 1. The Kier molecular flexibility index (Phi) is 6.69. The third-order valence-electron chi connectivity index (χ3n) is 4.53. The number of fused-ring (bicyclic) bond motifs is 1. The molecular formula is C23H22N4O2S2. The van der Waals surface area contributed by atoms with Gasteiger partial charge in [0, 0.05) is 11.1 Å². The molecule has 4 aromatic rings. The first kappa shape index (κ1) is 21.1. The number of rotatable bonds is 8. The van der Waals surface area contributed by atoms with E-state index in [1.807, 2.05) is 80.6 Å². The number of hydrogen-bond acceptors (Lipinski definition) is 7. The average molecular weight is 451 g/mol. The maximum atomic E-state index is 12.8. The minimum absolute atomic E-state index is 0.0762. The van der Waals surface area contributed by atoms with Crippen LogP contribution in [0.15, 0.2) is 71.1 Å². The molecule has 1 amide bonds. The second-order valence-electron chi connectivity index (χ2n) is 6.70. The number of nitrogens with one attached hydrogen (secondary N) is 2. The van der Waals surface area contributed by atoms with Crippen LogP contribution >= 0.6 is 23.1 Å². The monoisotopic (exact) mass is 450 g/mol. The molecule has 8 heteroatoms. The molecule has 0 saturated carbocycles. The van der Waals surface area contributed by atoms with Crippen molar-refractivity contribution in [2.24, 2.45) is 0 Å². The van der Waals surface area contributed by atoms with Crippen LogP contribution in [-0.4, -0.2) is 28.0 Å². The van der Waals surface area contributed by atoms with Gasteiger partial charge in [-0.3, -0.25) is 4.79 Å². The number of carbonyl (C=O) groups is 1. The van der Waals surface area contributed by atoms with Crippen molar-refractivity contribution in [1.29, 1.82) is 0 Å². The lowest BCUT2D eigenvalue weighted by Crippen LogP contribution is -2.22. The summed E-state index contributed by atoms with van der Waals surface area (Å²) in [6.07, 6.45) is 0. The molecule has 0 saturated heterocycles. The van der Waals surface area contributed by atoms with Gasteiger partial charge in [0.2, 0.25) is 11.0 Å². The summed E-state index contributed by atoms with van der Waals surface area (Å²) < 4.78 is 6.35. The van der Waals surface area contributed by atoms with Gasteiger partial charge in [-0.2, -0.15) is 0 Å². The molecule has 0 aliphatic rings. The number of ether oxygens (including phenoxy) is 1. The van der Waals surface area contributed by atoms with Crippen molar-refractivity contribution in [3.8, 4) is 5.75 Å². The number of thioether (sulfide) groups is 1. The Labute approximate surface area is 189 Å². The van der Waals surface area contributed by atoms with E-state index in [4.69, 9.17) is 4.74 Å². The topological polar surface area (TPSA) is 76.1 Å². The second kappa shape index (κ2) is 9.80. The lowest BCUT2D eigenvalue weighted by atomic mass is 10.1. The number of hydrogen-bond donors (Lipinski definition) is 2. The molecule has 0 aliphatic heterocycles. The van der Waals surface area contributed by atoms with Crippen molar-refractivity contribution in [2.75, 3.05) is 17.2 Å². The SMILES string of the molecule is CCOc1ccccc1Nc1nnc(S[C@@H](C)C(=O)Nc2cccc3ccccc23)s1. The molecule has 0 fully saturated rings. The van der Waals surface area contributed by atoms with Gasteiger partial charge in [-0.15, -0.1) is 10.2 Å². The predicted molar refractivity (Wildman–Crippen MR) is 129 cm³/mol. The molecule has 0 spiro atoms. The normalized spacial score (nSPS) is 11.8. The molecule has 4 rings (SSSR count). The van der Waals surface area contributed by atoms with Gasteiger partial charge in [-0.1, -0.05) is 71.6 Å². The Morgan fingerprint density at radius 3 is 2.65 bits per heavy atom. The Bertz CT molecular complexity index is 1190. The van der Waals surface area contributed by atoms with E-state index >= 15 is 0 Å². The van der Waals surface area contributed by atoms with Crippen molar-refractivity contribution in [1.82, 2.24) is 10.2 Å². The predicted octanol–water partition coefficient (Wildman–Crippen LogP) is 5.95. The van der Waals surface area contributed by atoms with Gasteiger partial charge in [-0.05, 0) is 37.4 Å². The molecule has 1 heterocycles. The number of carbonyl (C=O) groups excluding carboxylic acids is 1. The highest BCUT2D eigenvalue weighted by molar-refractivity contribution is 8.02. The van der Waals surface area contributed by atoms with Crippen molar-refractivity contribution in [2.45, 2.75) is 23.4 Å². The van der Waals surface area contributed by atoms with Crippen molar-refractivity contribution < 1.29 is 9.53 Å². The van der Waals surface area contributed by atoms with Crippen LogP contribution in [0.4, 0.5) is 16.5 Å². The molecule has 2 N–H and O–H groups in total. The zero-order valence-corrected chi connectivity index (χ0v) is 18.8. The van der Waals surface area contributed by atoms with E-state index in [-0.39, 0.29) is 11.2 Å². The Hall–Kier alpha value is -3.10. The number of anilines is 3. The zero-order valence-electron chi connectivity index (χ0n) is 17.2. The molecule has 0 aliphatic carbocycles. The lowest BCUT2D eigenvalue weighted by Gasteiger charge is -2.12. The molecular weight excluding hydrogens is 428 g/mol. The molecule has 6 nitrogen and oxygen atoms in total. The highest BCUT2D eigenvalue weighted by Gasteiger charge is 2.18. The van der Waals surface area contributed by atoms with Gasteiger partial charge in [0.1, 0.15) is 5.75 Å². The Balaban J connectivity index is 1.41. The first-order valence-corrected chi connectivity index (χ1v) is 11.6. The van der Waals surface area contributed by atoms with E-state index in [9.17, 15) is 4.79 Å². The van der Waals surface area contributed by atoms with Crippen LogP contribution < -0.4 is 15.4 Å².